The smallest absolute Gasteiger partial charge is 0.233 e. The first kappa shape index (κ1) is 18.9. The number of para-hydroxylation sites is 2. The Morgan fingerprint density at radius 1 is 0.793 bits per heavy atom. The van der Waals surface area contributed by atoms with E-state index in [4.69, 9.17) is 0 Å². The van der Waals surface area contributed by atoms with Gasteiger partial charge >= 0.3 is 0 Å². The maximum absolute atomic E-state index is 4.59. The van der Waals surface area contributed by atoms with Crippen LogP contribution in [0.2, 0.25) is 0 Å². The molecule has 0 spiro atoms. The Bertz CT molecular complexity index is 1070. The van der Waals surface area contributed by atoms with E-state index >= 15 is 0 Å². The first-order valence-electron chi connectivity index (χ1n) is 9.15. The van der Waals surface area contributed by atoms with Crippen LogP contribution in [0.15, 0.2) is 71.2 Å². The van der Waals surface area contributed by atoms with Gasteiger partial charge < -0.3 is 15.2 Å². The fourth-order valence-corrected chi connectivity index (χ4v) is 3.46. The summed E-state index contributed by atoms with van der Waals surface area (Å²) in [6.07, 6.45) is 3.64. The number of imidazole rings is 1. The maximum atomic E-state index is 4.59. The fourth-order valence-electron chi connectivity index (χ4n) is 2.71. The van der Waals surface area contributed by atoms with E-state index in [-0.39, 0.29) is 0 Å². The summed E-state index contributed by atoms with van der Waals surface area (Å²) >= 11 is 1.39. The van der Waals surface area contributed by atoms with Crippen LogP contribution < -0.4 is 10.6 Å². The summed E-state index contributed by atoms with van der Waals surface area (Å²) in [5, 5.41) is 7.97. The van der Waals surface area contributed by atoms with E-state index in [1.54, 1.807) is 6.20 Å². The quantitative estimate of drug-likeness (QED) is 0.476. The molecule has 0 unspecified atom stereocenters. The van der Waals surface area contributed by atoms with E-state index in [2.05, 4.69) is 30.6 Å². The van der Waals surface area contributed by atoms with Gasteiger partial charge in [0.1, 0.15) is 0 Å². The summed E-state index contributed by atoms with van der Waals surface area (Å²) < 4.78 is 1.93. The van der Waals surface area contributed by atoms with E-state index in [1.807, 2.05) is 80.2 Å². The van der Waals surface area contributed by atoms with Crippen molar-refractivity contribution in [1.82, 2.24) is 24.5 Å². The van der Waals surface area contributed by atoms with Crippen LogP contribution in [0.5, 0.6) is 0 Å². The SMILES string of the molecule is Cc1ccccc1Nc1nc(Nc2ccccc2C)nc(Sc2nccn2C)n1. The molecule has 2 heterocycles. The van der Waals surface area contributed by atoms with E-state index in [0.29, 0.717) is 17.1 Å². The molecule has 0 radical (unpaired) electrons. The molecule has 0 bridgehead atoms. The zero-order valence-corrected chi connectivity index (χ0v) is 17.2. The minimum atomic E-state index is 0.474. The second-order valence-corrected chi connectivity index (χ2v) is 7.50. The van der Waals surface area contributed by atoms with Crippen LogP contribution in [0.3, 0.4) is 0 Å². The number of hydrogen-bond donors (Lipinski definition) is 2. The summed E-state index contributed by atoms with van der Waals surface area (Å²) in [7, 11) is 1.94. The lowest BCUT2D eigenvalue weighted by Gasteiger charge is -2.12. The number of benzene rings is 2. The summed E-state index contributed by atoms with van der Waals surface area (Å²) in [4.78, 5) is 18.1. The largest absolute Gasteiger partial charge is 0.329 e. The van der Waals surface area contributed by atoms with Crippen molar-refractivity contribution in [2.45, 2.75) is 24.2 Å². The normalized spacial score (nSPS) is 10.7. The Morgan fingerprint density at radius 2 is 1.34 bits per heavy atom. The second-order valence-electron chi connectivity index (χ2n) is 6.57. The van der Waals surface area contributed by atoms with Gasteiger partial charge in [0, 0.05) is 30.8 Å². The van der Waals surface area contributed by atoms with Crippen LogP contribution in [0, 0.1) is 13.8 Å². The third kappa shape index (κ3) is 4.55. The molecule has 0 amide bonds. The molecule has 2 aromatic carbocycles. The molecule has 4 rings (SSSR count). The van der Waals surface area contributed by atoms with Crippen molar-refractivity contribution < 1.29 is 0 Å². The standard InChI is InChI=1S/C21H21N7S/c1-14-8-4-6-10-16(14)23-18-25-19(24-17-11-7-5-9-15(17)2)27-20(26-18)29-21-22-12-13-28(21)3/h4-13H,1-3H3,(H2,23,24,25,26,27). The highest BCUT2D eigenvalue weighted by atomic mass is 32.2. The van der Waals surface area contributed by atoms with Crippen molar-refractivity contribution in [1.29, 1.82) is 0 Å². The Hall–Kier alpha value is -3.39. The van der Waals surface area contributed by atoms with Gasteiger partial charge in [0.05, 0.1) is 0 Å². The highest BCUT2D eigenvalue weighted by molar-refractivity contribution is 7.99. The number of anilines is 4. The summed E-state index contributed by atoms with van der Waals surface area (Å²) in [6, 6.07) is 16.0. The van der Waals surface area contributed by atoms with Crippen LogP contribution in [0.1, 0.15) is 11.1 Å². The molecule has 0 atom stereocenters. The van der Waals surface area contributed by atoms with Crippen molar-refractivity contribution in [2.75, 3.05) is 10.6 Å². The van der Waals surface area contributed by atoms with Crippen LogP contribution in [-0.4, -0.2) is 24.5 Å². The zero-order chi connectivity index (χ0) is 20.2. The average Bonchev–Trinajstić information content (AvgIpc) is 3.10. The molecule has 4 aromatic rings. The third-order valence-electron chi connectivity index (χ3n) is 4.36. The number of hydrogen-bond acceptors (Lipinski definition) is 7. The van der Waals surface area contributed by atoms with Gasteiger partial charge in [-0.05, 0) is 48.9 Å². The lowest BCUT2D eigenvalue weighted by atomic mass is 10.2. The Kier molecular flexibility index (Phi) is 5.44. The molecular formula is C21H21N7S. The fraction of sp³-hybridized carbons (Fsp3) is 0.143. The summed E-state index contributed by atoms with van der Waals surface area (Å²) in [6.45, 7) is 4.08. The predicted octanol–water partition coefficient (Wildman–Crippen LogP) is 4.86. The molecule has 0 fully saturated rings. The van der Waals surface area contributed by atoms with Crippen molar-refractivity contribution in [3.05, 3.63) is 72.1 Å². The van der Waals surface area contributed by atoms with Gasteiger partial charge in [0.25, 0.3) is 0 Å². The van der Waals surface area contributed by atoms with Crippen LogP contribution in [-0.2, 0) is 7.05 Å². The molecule has 0 aliphatic heterocycles. The second kappa shape index (κ2) is 8.32. The number of nitrogens with one attached hydrogen (secondary N) is 2. The van der Waals surface area contributed by atoms with Gasteiger partial charge in [-0.1, -0.05) is 36.4 Å². The highest BCUT2D eigenvalue weighted by Crippen LogP contribution is 2.27. The molecule has 7 nitrogen and oxygen atoms in total. The van der Waals surface area contributed by atoms with E-state index < -0.39 is 0 Å². The number of aromatic nitrogens is 5. The van der Waals surface area contributed by atoms with Gasteiger partial charge in [0.2, 0.25) is 17.1 Å². The molecule has 0 saturated carbocycles. The molecule has 2 aromatic heterocycles. The Balaban J connectivity index is 1.69. The van der Waals surface area contributed by atoms with Gasteiger partial charge in [0.15, 0.2) is 5.16 Å². The highest BCUT2D eigenvalue weighted by Gasteiger charge is 2.12. The molecule has 8 heteroatoms. The first-order valence-corrected chi connectivity index (χ1v) is 9.97. The monoisotopic (exact) mass is 403 g/mol. The van der Waals surface area contributed by atoms with Gasteiger partial charge in [-0.3, -0.25) is 0 Å². The number of nitrogens with zero attached hydrogens (tertiary/aromatic N) is 5. The van der Waals surface area contributed by atoms with Crippen LogP contribution >= 0.6 is 11.8 Å². The minimum Gasteiger partial charge on any atom is -0.329 e. The van der Waals surface area contributed by atoms with Crippen LogP contribution in [0.4, 0.5) is 23.3 Å². The molecule has 2 N–H and O–H groups in total. The topological polar surface area (TPSA) is 80.5 Å². The molecule has 146 valence electrons. The number of rotatable bonds is 6. The lowest BCUT2D eigenvalue weighted by molar-refractivity contribution is 0.784. The Labute approximate surface area is 173 Å². The van der Waals surface area contributed by atoms with Gasteiger partial charge in [-0.15, -0.1) is 0 Å². The van der Waals surface area contributed by atoms with Crippen molar-refractivity contribution in [3.63, 3.8) is 0 Å². The third-order valence-corrected chi connectivity index (χ3v) is 5.30. The molecule has 0 saturated heterocycles. The molecule has 29 heavy (non-hydrogen) atoms. The van der Waals surface area contributed by atoms with Gasteiger partial charge in [-0.2, -0.15) is 15.0 Å². The van der Waals surface area contributed by atoms with E-state index in [1.165, 1.54) is 11.8 Å². The van der Waals surface area contributed by atoms with Gasteiger partial charge in [-0.25, -0.2) is 4.98 Å². The summed E-state index contributed by atoms with van der Waals surface area (Å²) in [5.74, 6) is 0.948. The zero-order valence-electron chi connectivity index (χ0n) is 16.4. The van der Waals surface area contributed by atoms with Crippen molar-refractivity contribution in [2.24, 2.45) is 7.05 Å². The molecule has 0 aliphatic carbocycles. The lowest BCUT2D eigenvalue weighted by Crippen LogP contribution is -2.06. The minimum absolute atomic E-state index is 0.474. The maximum Gasteiger partial charge on any atom is 0.233 e. The summed E-state index contributed by atoms with van der Waals surface area (Å²) in [5.41, 5.74) is 4.13. The van der Waals surface area contributed by atoms with E-state index in [9.17, 15) is 0 Å². The molecule has 0 aliphatic rings. The van der Waals surface area contributed by atoms with Crippen LogP contribution in [0.25, 0.3) is 0 Å². The predicted molar refractivity (Wildman–Crippen MR) is 116 cm³/mol. The van der Waals surface area contributed by atoms with Crippen molar-refractivity contribution in [3.8, 4) is 0 Å². The first-order chi connectivity index (χ1) is 14.1. The molecular weight excluding hydrogens is 382 g/mol. The average molecular weight is 404 g/mol. The number of aryl methyl sites for hydroxylation is 3. The van der Waals surface area contributed by atoms with Crippen molar-refractivity contribution >= 4 is 35.0 Å². The Morgan fingerprint density at radius 3 is 1.83 bits per heavy atom. The van der Waals surface area contributed by atoms with E-state index in [0.717, 1.165) is 27.7 Å².